The molecule has 1 unspecified atom stereocenters. The van der Waals surface area contributed by atoms with Gasteiger partial charge in [0, 0.05) is 17.9 Å². The first-order valence-electron chi connectivity index (χ1n) is 4.82. The first-order chi connectivity index (χ1) is 7.40. The van der Waals surface area contributed by atoms with Crippen LogP contribution in [0.15, 0.2) is 10.8 Å². The van der Waals surface area contributed by atoms with Crippen molar-refractivity contribution in [2.24, 2.45) is 0 Å². The van der Waals surface area contributed by atoms with Crippen molar-refractivity contribution in [2.75, 3.05) is 33.5 Å². The number of thiophene rings is 1. The molecule has 4 nitrogen and oxygen atoms in total. The van der Waals surface area contributed by atoms with E-state index < -0.39 is 0 Å². The third-order valence-corrected chi connectivity index (χ3v) is 2.75. The summed E-state index contributed by atoms with van der Waals surface area (Å²) in [5.74, 6) is 1.67. The topological polar surface area (TPSA) is 36.9 Å². The van der Waals surface area contributed by atoms with Crippen LogP contribution in [-0.2, 0) is 9.47 Å². The largest absolute Gasteiger partial charge is 0.485 e. The second kappa shape index (κ2) is 5.34. The third-order valence-electron chi connectivity index (χ3n) is 2.05. The smallest absolute Gasteiger partial charge is 0.172 e. The predicted molar refractivity (Wildman–Crippen MR) is 56.9 cm³/mol. The lowest BCUT2D eigenvalue weighted by atomic mass is 10.3. The highest BCUT2D eigenvalue weighted by Gasteiger charge is 2.21. The van der Waals surface area contributed by atoms with E-state index in [0.29, 0.717) is 26.4 Å². The summed E-state index contributed by atoms with van der Waals surface area (Å²) in [5, 5.41) is 3.88. The van der Waals surface area contributed by atoms with E-state index >= 15 is 0 Å². The number of rotatable bonds is 5. The molecule has 0 saturated heterocycles. The highest BCUT2D eigenvalue weighted by atomic mass is 32.1. The quantitative estimate of drug-likeness (QED) is 0.719. The van der Waals surface area contributed by atoms with Gasteiger partial charge >= 0.3 is 0 Å². The average Bonchev–Trinajstić information content (AvgIpc) is 2.71. The highest BCUT2D eigenvalue weighted by molar-refractivity contribution is 7.08. The summed E-state index contributed by atoms with van der Waals surface area (Å²) in [4.78, 5) is 0. The van der Waals surface area contributed by atoms with Gasteiger partial charge in [0.2, 0.25) is 0 Å². The summed E-state index contributed by atoms with van der Waals surface area (Å²) in [6.45, 7) is 2.29. The van der Waals surface area contributed by atoms with Crippen molar-refractivity contribution in [3.63, 3.8) is 0 Å². The van der Waals surface area contributed by atoms with E-state index in [-0.39, 0.29) is 6.10 Å². The van der Waals surface area contributed by atoms with Crippen LogP contribution in [0.3, 0.4) is 0 Å². The minimum Gasteiger partial charge on any atom is -0.485 e. The summed E-state index contributed by atoms with van der Waals surface area (Å²) in [7, 11) is 1.65. The lowest BCUT2D eigenvalue weighted by Gasteiger charge is -2.24. The van der Waals surface area contributed by atoms with Crippen LogP contribution in [0.2, 0.25) is 0 Å². The zero-order valence-electron chi connectivity index (χ0n) is 8.60. The van der Waals surface area contributed by atoms with Crippen molar-refractivity contribution < 1.29 is 18.9 Å². The average molecular weight is 230 g/mol. The van der Waals surface area contributed by atoms with Gasteiger partial charge in [0.1, 0.15) is 6.61 Å². The standard InChI is InChI=1S/C10H14O4S/c1-11-2-3-12-4-8-5-13-9-6-15-7-10(9)14-8/h6-8H,2-5H2,1H3. The fourth-order valence-corrected chi connectivity index (χ4v) is 1.97. The fraction of sp³-hybridized carbons (Fsp3) is 0.600. The summed E-state index contributed by atoms with van der Waals surface area (Å²) in [6.07, 6.45) is -0.0102. The van der Waals surface area contributed by atoms with Crippen LogP contribution in [0, 0.1) is 0 Å². The van der Waals surface area contributed by atoms with Gasteiger partial charge in [0.05, 0.1) is 19.8 Å². The molecule has 1 aliphatic heterocycles. The summed E-state index contributed by atoms with van der Waals surface area (Å²) >= 11 is 1.58. The molecule has 0 fully saturated rings. The second-order valence-corrected chi connectivity index (χ2v) is 3.96. The van der Waals surface area contributed by atoms with Crippen LogP contribution in [0.4, 0.5) is 0 Å². The van der Waals surface area contributed by atoms with Crippen LogP contribution < -0.4 is 9.47 Å². The molecule has 1 aromatic heterocycles. The highest BCUT2D eigenvalue weighted by Crippen LogP contribution is 2.35. The molecule has 1 aliphatic rings. The Morgan fingerprint density at radius 1 is 1.40 bits per heavy atom. The van der Waals surface area contributed by atoms with Gasteiger partial charge in [0.25, 0.3) is 0 Å². The van der Waals surface area contributed by atoms with Gasteiger partial charge in [-0.2, -0.15) is 0 Å². The van der Waals surface area contributed by atoms with Crippen molar-refractivity contribution in [1.29, 1.82) is 0 Å². The molecule has 0 radical (unpaired) electrons. The van der Waals surface area contributed by atoms with Gasteiger partial charge in [-0.15, -0.1) is 11.3 Å². The maximum absolute atomic E-state index is 5.67. The molecule has 1 aromatic rings. The summed E-state index contributed by atoms with van der Waals surface area (Å²) in [5.41, 5.74) is 0. The van der Waals surface area contributed by atoms with Gasteiger partial charge in [-0.05, 0) is 0 Å². The molecule has 0 saturated carbocycles. The molecule has 2 heterocycles. The van der Waals surface area contributed by atoms with Crippen molar-refractivity contribution in [3.05, 3.63) is 10.8 Å². The Hall–Kier alpha value is -0.780. The van der Waals surface area contributed by atoms with Crippen LogP contribution in [-0.4, -0.2) is 39.6 Å². The fourth-order valence-electron chi connectivity index (χ4n) is 1.30. The zero-order valence-corrected chi connectivity index (χ0v) is 9.42. The van der Waals surface area contributed by atoms with E-state index in [9.17, 15) is 0 Å². The number of ether oxygens (including phenoxy) is 4. The molecule has 0 bridgehead atoms. The minimum atomic E-state index is -0.0102. The maximum atomic E-state index is 5.67. The minimum absolute atomic E-state index is 0.0102. The molecular formula is C10H14O4S. The van der Waals surface area contributed by atoms with Crippen molar-refractivity contribution in [3.8, 4) is 11.5 Å². The number of methoxy groups -OCH3 is 1. The Labute approximate surface area is 92.7 Å². The Balaban J connectivity index is 1.73. The zero-order chi connectivity index (χ0) is 10.5. The number of fused-ring (bicyclic) bond motifs is 1. The Morgan fingerprint density at radius 2 is 2.27 bits per heavy atom. The molecule has 84 valence electrons. The van der Waals surface area contributed by atoms with Crippen LogP contribution in [0.25, 0.3) is 0 Å². The Morgan fingerprint density at radius 3 is 3.13 bits per heavy atom. The van der Waals surface area contributed by atoms with Gasteiger partial charge in [0.15, 0.2) is 17.6 Å². The van der Waals surface area contributed by atoms with Gasteiger partial charge in [-0.1, -0.05) is 0 Å². The van der Waals surface area contributed by atoms with E-state index in [4.69, 9.17) is 18.9 Å². The molecule has 0 aliphatic carbocycles. The van der Waals surface area contributed by atoms with E-state index in [1.165, 1.54) is 0 Å². The molecule has 0 spiro atoms. The normalized spacial score (nSPS) is 19.1. The van der Waals surface area contributed by atoms with Crippen molar-refractivity contribution in [1.82, 2.24) is 0 Å². The van der Waals surface area contributed by atoms with Crippen molar-refractivity contribution in [2.45, 2.75) is 6.10 Å². The number of hydrogen-bond donors (Lipinski definition) is 0. The number of hydrogen-bond acceptors (Lipinski definition) is 5. The van der Waals surface area contributed by atoms with Gasteiger partial charge in [-0.3, -0.25) is 0 Å². The Bertz CT molecular complexity index is 299. The molecule has 0 N–H and O–H groups in total. The predicted octanol–water partition coefficient (Wildman–Crippen LogP) is 1.55. The molecule has 2 rings (SSSR count). The Kier molecular flexibility index (Phi) is 3.82. The lowest BCUT2D eigenvalue weighted by molar-refractivity contribution is -0.00556. The first-order valence-corrected chi connectivity index (χ1v) is 5.76. The van der Waals surface area contributed by atoms with Crippen LogP contribution >= 0.6 is 11.3 Å². The first kappa shape index (κ1) is 10.7. The van der Waals surface area contributed by atoms with E-state index in [1.807, 2.05) is 10.8 Å². The molecule has 15 heavy (non-hydrogen) atoms. The van der Waals surface area contributed by atoms with E-state index in [0.717, 1.165) is 11.5 Å². The van der Waals surface area contributed by atoms with Crippen molar-refractivity contribution >= 4 is 11.3 Å². The van der Waals surface area contributed by atoms with Gasteiger partial charge < -0.3 is 18.9 Å². The second-order valence-electron chi connectivity index (χ2n) is 3.22. The molecule has 5 heteroatoms. The lowest BCUT2D eigenvalue weighted by Crippen LogP contribution is -2.33. The van der Waals surface area contributed by atoms with Crippen LogP contribution in [0.5, 0.6) is 11.5 Å². The van der Waals surface area contributed by atoms with E-state index in [2.05, 4.69) is 0 Å². The summed E-state index contributed by atoms with van der Waals surface area (Å²) in [6, 6.07) is 0. The molecule has 0 amide bonds. The molecular weight excluding hydrogens is 216 g/mol. The molecule has 1 atom stereocenters. The molecule has 0 aromatic carbocycles. The SMILES string of the molecule is COCCOCC1COc2cscc2O1. The van der Waals surface area contributed by atoms with Gasteiger partial charge in [-0.25, -0.2) is 0 Å². The van der Waals surface area contributed by atoms with E-state index in [1.54, 1.807) is 18.4 Å². The maximum Gasteiger partial charge on any atom is 0.172 e. The van der Waals surface area contributed by atoms with Crippen LogP contribution in [0.1, 0.15) is 0 Å². The summed E-state index contributed by atoms with van der Waals surface area (Å²) < 4.78 is 21.4. The third kappa shape index (κ3) is 2.84. The monoisotopic (exact) mass is 230 g/mol.